The van der Waals surface area contributed by atoms with Gasteiger partial charge in [0.25, 0.3) is 5.56 Å². The molecular weight excluding hydrogens is 514 g/mol. The summed E-state index contributed by atoms with van der Waals surface area (Å²) in [5, 5.41) is 19.6. The molecule has 0 saturated heterocycles. The Kier molecular flexibility index (Phi) is 7.86. The van der Waals surface area contributed by atoms with Crippen molar-refractivity contribution in [1.29, 1.82) is 0 Å². The van der Waals surface area contributed by atoms with E-state index in [1.165, 1.54) is 30.9 Å². The zero-order valence-electron chi connectivity index (χ0n) is 21.5. The molecule has 202 valence electrons. The summed E-state index contributed by atoms with van der Waals surface area (Å²) in [6.45, 7) is 6.19. The Morgan fingerprint density at radius 1 is 1.26 bits per heavy atom. The van der Waals surface area contributed by atoms with Crippen LogP contribution in [-0.2, 0) is 21.6 Å². The first-order valence-electron chi connectivity index (χ1n) is 12.0. The molecule has 3 aromatic heterocycles. The predicted octanol–water partition coefficient (Wildman–Crippen LogP) is 3.16. The van der Waals surface area contributed by atoms with Gasteiger partial charge in [0.2, 0.25) is 5.89 Å². The van der Waals surface area contributed by atoms with E-state index in [1.54, 1.807) is 25.1 Å². The van der Waals surface area contributed by atoms with E-state index in [0.29, 0.717) is 33.2 Å². The number of carboxylic acid groups (broad SMARTS) is 1. The molecule has 0 aliphatic carbocycles. The molecule has 0 amide bonds. The number of oxazole rings is 1. The Morgan fingerprint density at radius 3 is 2.63 bits per heavy atom. The van der Waals surface area contributed by atoms with Gasteiger partial charge < -0.3 is 24.1 Å². The van der Waals surface area contributed by atoms with Crippen molar-refractivity contribution in [3.05, 3.63) is 68.7 Å². The number of rotatable bonds is 11. The van der Waals surface area contributed by atoms with Crippen LogP contribution in [-0.4, -0.2) is 50.1 Å². The molecule has 0 radical (unpaired) electrons. The molecule has 0 aliphatic heterocycles. The number of ether oxygens (including phenoxy) is 2. The number of hydrogen-bond acceptors (Lipinski definition) is 9. The van der Waals surface area contributed by atoms with Crippen LogP contribution < -0.4 is 16.0 Å². The van der Waals surface area contributed by atoms with Gasteiger partial charge in [0.1, 0.15) is 28.5 Å². The summed E-state index contributed by atoms with van der Waals surface area (Å²) in [4.78, 5) is 44.8. The van der Waals surface area contributed by atoms with Gasteiger partial charge in [0, 0.05) is 5.56 Å². The zero-order valence-corrected chi connectivity index (χ0v) is 22.3. The van der Waals surface area contributed by atoms with Crippen LogP contribution in [0.2, 0.25) is 0 Å². The first-order valence-corrected chi connectivity index (χ1v) is 12.8. The van der Waals surface area contributed by atoms with E-state index in [1.807, 2.05) is 13.0 Å². The summed E-state index contributed by atoms with van der Waals surface area (Å²) < 4.78 is 19.3. The maximum atomic E-state index is 13.9. The Morgan fingerprint density at radius 2 is 2.00 bits per heavy atom. The van der Waals surface area contributed by atoms with Crippen LogP contribution in [0.4, 0.5) is 0 Å². The van der Waals surface area contributed by atoms with Gasteiger partial charge in [-0.15, -0.1) is 11.3 Å². The number of aliphatic hydroxyl groups is 1. The van der Waals surface area contributed by atoms with Crippen molar-refractivity contribution < 1.29 is 28.9 Å². The lowest BCUT2D eigenvalue weighted by atomic mass is 10.1. The summed E-state index contributed by atoms with van der Waals surface area (Å²) in [5.41, 5.74) is -2.21. The minimum atomic E-state index is -1.84. The van der Waals surface area contributed by atoms with Crippen LogP contribution in [0.5, 0.6) is 5.75 Å². The normalized spacial score (nSPS) is 12.7. The molecule has 0 aliphatic rings. The fourth-order valence-corrected chi connectivity index (χ4v) is 5.51. The topological polar surface area (TPSA) is 146 Å². The highest BCUT2D eigenvalue weighted by atomic mass is 32.1. The molecular formula is C26H29N3O8S. The summed E-state index contributed by atoms with van der Waals surface area (Å²) in [5.74, 6) is -0.511. The molecule has 1 unspecified atom stereocenters. The number of aryl methyl sites for hydroxylation is 1. The van der Waals surface area contributed by atoms with Crippen molar-refractivity contribution in [3.63, 3.8) is 0 Å². The van der Waals surface area contributed by atoms with E-state index >= 15 is 0 Å². The van der Waals surface area contributed by atoms with Gasteiger partial charge in [-0.1, -0.05) is 18.2 Å². The van der Waals surface area contributed by atoms with Gasteiger partial charge >= 0.3 is 11.7 Å². The number of benzene rings is 1. The van der Waals surface area contributed by atoms with Gasteiger partial charge in [-0.2, -0.15) is 0 Å². The third kappa shape index (κ3) is 4.77. The second kappa shape index (κ2) is 10.9. The molecule has 0 bridgehead atoms. The number of fused-ring (bicyclic) bond motifs is 1. The highest BCUT2D eigenvalue weighted by Gasteiger charge is 2.36. The highest BCUT2D eigenvalue weighted by Crippen LogP contribution is 2.37. The lowest BCUT2D eigenvalue weighted by Crippen LogP contribution is -2.52. The summed E-state index contributed by atoms with van der Waals surface area (Å²) in [6, 6.07) is 7.18. The minimum Gasteiger partial charge on any atom is -0.493 e. The maximum Gasteiger partial charge on any atom is 0.333 e. The van der Waals surface area contributed by atoms with Crippen molar-refractivity contribution in [2.24, 2.45) is 0 Å². The predicted molar refractivity (Wildman–Crippen MR) is 141 cm³/mol. The van der Waals surface area contributed by atoms with Crippen LogP contribution >= 0.6 is 11.3 Å². The molecule has 4 rings (SSSR count). The van der Waals surface area contributed by atoms with Crippen LogP contribution in [0.25, 0.3) is 21.0 Å². The van der Waals surface area contributed by atoms with E-state index < -0.39 is 28.9 Å². The van der Waals surface area contributed by atoms with E-state index in [2.05, 4.69) is 4.98 Å². The first kappa shape index (κ1) is 27.3. The third-order valence-corrected chi connectivity index (χ3v) is 7.55. The number of para-hydroxylation sites is 1. The van der Waals surface area contributed by atoms with Crippen molar-refractivity contribution >= 4 is 27.5 Å². The Labute approximate surface area is 221 Å². The Balaban J connectivity index is 2.02. The number of carbonyl (C=O) groups is 1. The molecule has 0 spiro atoms. The van der Waals surface area contributed by atoms with Crippen LogP contribution in [0.3, 0.4) is 0 Å². The number of thiophene rings is 1. The highest BCUT2D eigenvalue weighted by molar-refractivity contribution is 7.22. The van der Waals surface area contributed by atoms with Gasteiger partial charge in [-0.05, 0) is 39.3 Å². The number of nitrogens with zero attached hydrogens (tertiary/aromatic N) is 3. The molecule has 4 aromatic rings. The third-order valence-electron chi connectivity index (χ3n) is 6.25. The lowest BCUT2D eigenvalue weighted by molar-refractivity contribution is -0.146. The zero-order chi connectivity index (χ0) is 27.6. The average Bonchev–Trinajstić information content (AvgIpc) is 3.52. The van der Waals surface area contributed by atoms with Crippen molar-refractivity contribution in [1.82, 2.24) is 14.1 Å². The number of aliphatic carboxylic acids is 1. The molecule has 0 saturated carbocycles. The molecule has 3 heterocycles. The summed E-state index contributed by atoms with van der Waals surface area (Å²) in [6.07, 6.45) is 2.11. The van der Waals surface area contributed by atoms with E-state index in [0.717, 1.165) is 15.9 Å². The smallest absolute Gasteiger partial charge is 0.333 e. The molecule has 1 aromatic carbocycles. The summed E-state index contributed by atoms with van der Waals surface area (Å²) >= 11 is 1.15. The van der Waals surface area contributed by atoms with Gasteiger partial charge in [0.05, 0.1) is 42.8 Å². The molecule has 38 heavy (non-hydrogen) atoms. The number of carboxylic acids is 1. The maximum absolute atomic E-state index is 13.9. The average molecular weight is 544 g/mol. The monoisotopic (exact) mass is 543 g/mol. The molecule has 0 fully saturated rings. The number of aromatic nitrogens is 3. The number of aliphatic hydroxyl groups excluding tert-OH is 1. The van der Waals surface area contributed by atoms with Crippen molar-refractivity contribution in [2.45, 2.75) is 45.9 Å². The first-order chi connectivity index (χ1) is 18.1. The minimum absolute atomic E-state index is 0.0195. The summed E-state index contributed by atoms with van der Waals surface area (Å²) in [7, 11) is 0. The quantitative estimate of drug-likeness (QED) is 0.291. The van der Waals surface area contributed by atoms with Gasteiger partial charge in [0.15, 0.2) is 0 Å². The van der Waals surface area contributed by atoms with E-state index in [4.69, 9.17) is 13.9 Å². The molecule has 2 N–H and O–H groups in total. The standard InChI is InChI=1S/C26H29N3O8S/c1-5-35-17-9-7-6-8-16(17)18(36-13-11-30)14-28-23-19(15(2)20(38-23)21-27-10-12-37-21)22(31)29(25(28)34)26(3,4)24(32)33/h6-10,12,18,30H,5,11,13-14H2,1-4H3,(H,32,33). The Hall–Kier alpha value is -3.74. The second-order valence-corrected chi connectivity index (χ2v) is 10.0. The second-order valence-electron chi connectivity index (χ2n) is 9.03. The van der Waals surface area contributed by atoms with E-state index in [-0.39, 0.29) is 31.0 Å². The SMILES string of the molecule is CCOc1ccccc1C(Cn1c(=O)n(C(C)(C)C(=O)O)c(=O)c2c(C)c(-c3ncco3)sc21)OCCO. The van der Waals surface area contributed by atoms with Gasteiger partial charge in [-0.25, -0.2) is 19.1 Å². The fourth-order valence-electron chi connectivity index (χ4n) is 4.27. The largest absolute Gasteiger partial charge is 0.493 e. The molecule has 1 atom stereocenters. The van der Waals surface area contributed by atoms with E-state index in [9.17, 15) is 24.6 Å². The van der Waals surface area contributed by atoms with Crippen LogP contribution in [0.15, 0.2) is 50.7 Å². The molecule has 11 nitrogen and oxygen atoms in total. The Bertz CT molecular complexity index is 1570. The van der Waals surface area contributed by atoms with Crippen molar-refractivity contribution in [3.8, 4) is 16.5 Å². The number of hydrogen-bond donors (Lipinski definition) is 2. The van der Waals surface area contributed by atoms with Crippen LogP contribution in [0, 0.1) is 6.92 Å². The van der Waals surface area contributed by atoms with Crippen molar-refractivity contribution in [2.75, 3.05) is 19.8 Å². The molecule has 12 heteroatoms. The van der Waals surface area contributed by atoms with Crippen LogP contribution in [0.1, 0.15) is 38.0 Å². The lowest BCUT2D eigenvalue weighted by Gasteiger charge is -2.25. The fraction of sp³-hybridized carbons (Fsp3) is 0.385. The van der Waals surface area contributed by atoms with Gasteiger partial charge in [-0.3, -0.25) is 9.36 Å².